The first kappa shape index (κ1) is 11.1. The average molecular weight is 224 g/mol. The Hall–Kier alpha value is -0.410. The van der Waals surface area contributed by atoms with Crippen LogP contribution >= 0.6 is 11.3 Å². The van der Waals surface area contributed by atoms with Crippen LogP contribution in [0.4, 0.5) is 0 Å². The van der Waals surface area contributed by atoms with Gasteiger partial charge in [-0.25, -0.2) is 4.98 Å². The summed E-state index contributed by atoms with van der Waals surface area (Å²) in [6.07, 6.45) is 6.60. The number of aromatic nitrogens is 1. The number of rotatable bonds is 5. The first-order valence-corrected chi connectivity index (χ1v) is 6.93. The van der Waals surface area contributed by atoms with Crippen molar-refractivity contribution in [1.82, 2.24) is 10.3 Å². The predicted molar refractivity (Wildman–Crippen MR) is 65.6 cm³/mol. The maximum absolute atomic E-state index is 4.74. The monoisotopic (exact) mass is 224 g/mol. The highest BCUT2D eigenvalue weighted by atomic mass is 32.1. The lowest BCUT2D eigenvalue weighted by Gasteiger charge is -2.03. The SMILES string of the molecule is CCNCCc1nc(C2CCCC2)cs1. The van der Waals surface area contributed by atoms with Crippen molar-refractivity contribution in [3.8, 4) is 0 Å². The van der Waals surface area contributed by atoms with E-state index in [1.165, 1.54) is 36.4 Å². The minimum atomic E-state index is 0.772. The summed E-state index contributed by atoms with van der Waals surface area (Å²) in [5.41, 5.74) is 1.36. The maximum Gasteiger partial charge on any atom is 0.0941 e. The van der Waals surface area contributed by atoms with Crippen molar-refractivity contribution < 1.29 is 0 Å². The third-order valence-corrected chi connectivity index (χ3v) is 4.04. The zero-order valence-electron chi connectivity index (χ0n) is 9.46. The summed E-state index contributed by atoms with van der Waals surface area (Å²) in [4.78, 5) is 4.74. The molecule has 15 heavy (non-hydrogen) atoms. The van der Waals surface area contributed by atoms with Crippen molar-refractivity contribution in [2.24, 2.45) is 0 Å². The first-order chi connectivity index (χ1) is 7.40. The molecule has 1 aromatic heterocycles. The lowest BCUT2D eigenvalue weighted by Crippen LogP contribution is -2.15. The highest BCUT2D eigenvalue weighted by Crippen LogP contribution is 2.34. The minimum Gasteiger partial charge on any atom is -0.317 e. The van der Waals surface area contributed by atoms with E-state index >= 15 is 0 Å². The molecule has 0 unspecified atom stereocenters. The summed E-state index contributed by atoms with van der Waals surface area (Å²) in [5, 5.41) is 6.92. The highest BCUT2D eigenvalue weighted by Gasteiger charge is 2.19. The van der Waals surface area contributed by atoms with Crippen molar-refractivity contribution in [3.63, 3.8) is 0 Å². The van der Waals surface area contributed by atoms with Gasteiger partial charge in [-0.3, -0.25) is 0 Å². The first-order valence-electron chi connectivity index (χ1n) is 6.05. The smallest absolute Gasteiger partial charge is 0.0941 e. The van der Waals surface area contributed by atoms with E-state index in [-0.39, 0.29) is 0 Å². The summed E-state index contributed by atoms with van der Waals surface area (Å²) in [7, 11) is 0. The summed E-state index contributed by atoms with van der Waals surface area (Å²) >= 11 is 1.84. The third kappa shape index (κ3) is 3.02. The second kappa shape index (κ2) is 5.61. The fourth-order valence-electron chi connectivity index (χ4n) is 2.22. The van der Waals surface area contributed by atoms with Gasteiger partial charge in [-0.05, 0) is 19.4 Å². The molecule has 0 radical (unpaired) electrons. The van der Waals surface area contributed by atoms with Crippen LogP contribution in [0, 0.1) is 0 Å². The number of thiazole rings is 1. The van der Waals surface area contributed by atoms with Gasteiger partial charge in [-0.1, -0.05) is 19.8 Å². The molecule has 1 aliphatic rings. The van der Waals surface area contributed by atoms with E-state index in [2.05, 4.69) is 17.6 Å². The van der Waals surface area contributed by atoms with Gasteiger partial charge in [0.05, 0.1) is 10.7 Å². The molecule has 1 N–H and O–H groups in total. The van der Waals surface area contributed by atoms with Crippen LogP contribution in [0.3, 0.4) is 0 Å². The molecule has 1 heterocycles. The Labute approximate surface area is 96.1 Å². The minimum absolute atomic E-state index is 0.772. The van der Waals surface area contributed by atoms with E-state index < -0.39 is 0 Å². The number of likely N-dealkylation sites (N-methyl/N-ethyl adjacent to an activating group) is 1. The van der Waals surface area contributed by atoms with Gasteiger partial charge in [0.15, 0.2) is 0 Å². The van der Waals surface area contributed by atoms with Crippen LogP contribution in [0.2, 0.25) is 0 Å². The number of hydrogen-bond acceptors (Lipinski definition) is 3. The van der Waals surface area contributed by atoms with Gasteiger partial charge in [-0.15, -0.1) is 11.3 Å². The third-order valence-electron chi connectivity index (χ3n) is 3.11. The van der Waals surface area contributed by atoms with Gasteiger partial charge >= 0.3 is 0 Å². The average Bonchev–Trinajstić information content (AvgIpc) is 2.87. The Morgan fingerprint density at radius 3 is 3.00 bits per heavy atom. The van der Waals surface area contributed by atoms with Gasteiger partial charge in [0.2, 0.25) is 0 Å². The second-order valence-electron chi connectivity index (χ2n) is 4.25. The summed E-state index contributed by atoms with van der Waals surface area (Å²) < 4.78 is 0. The van der Waals surface area contributed by atoms with E-state index in [0.29, 0.717) is 0 Å². The molecule has 1 aliphatic carbocycles. The van der Waals surface area contributed by atoms with Crippen LogP contribution in [0.1, 0.15) is 49.2 Å². The van der Waals surface area contributed by atoms with E-state index in [1.54, 1.807) is 0 Å². The van der Waals surface area contributed by atoms with E-state index in [4.69, 9.17) is 4.98 Å². The molecule has 2 nitrogen and oxygen atoms in total. The van der Waals surface area contributed by atoms with Crippen LogP contribution in [0.25, 0.3) is 0 Å². The Bertz CT molecular complexity index is 290. The molecule has 0 aliphatic heterocycles. The van der Waals surface area contributed by atoms with Crippen LogP contribution in [-0.2, 0) is 6.42 Å². The summed E-state index contributed by atoms with van der Waals surface area (Å²) in [5.74, 6) is 0.772. The second-order valence-corrected chi connectivity index (χ2v) is 5.19. The van der Waals surface area contributed by atoms with Gasteiger partial charge < -0.3 is 5.32 Å². The van der Waals surface area contributed by atoms with Gasteiger partial charge in [0, 0.05) is 24.3 Å². The molecule has 1 aromatic rings. The fraction of sp³-hybridized carbons (Fsp3) is 0.750. The molecule has 84 valence electrons. The van der Waals surface area contributed by atoms with Gasteiger partial charge in [0.25, 0.3) is 0 Å². The van der Waals surface area contributed by atoms with Crippen LogP contribution < -0.4 is 5.32 Å². The summed E-state index contributed by atoms with van der Waals surface area (Å²) in [6, 6.07) is 0. The standard InChI is InChI=1S/C12H20N2S/c1-2-13-8-7-12-14-11(9-15-12)10-5-3-4-6-10/h9-10,13H,2-8H2,1H3. The van der Waals surface area contributed by atoms with Crippen LogP contribution in [0.5, 0.6) is 0 Å². The summed E-state index contributed by atoms with van der Waals surface area (Å²) in [6.45, 7) is 4.26. The molecule has 0 bridgehead atoms. The largest absolute Gasteiger partial charge is 0.317 e. The zero-order valence-corrected chi connectivity index (χ0v) is 10.3. The fourth-order valence-corrected chi connectivity index (χ4v) is 3.10. The predicted octanol–water partition coefficient (Wildman–Crippen LogP) is 2.95. The molecule has 0 spiro atoms. The molecule has 0 saturated heterocycles. The molecular formula is C12H20N2S. The Morgan fingerprint density at radius 2 is 2.27 bits per heavy atom. The number of hydrogen-bond donors (Lipinski definition) is 1. The Balaban J connectivity index is 1.86. The normalized spacial score (nSPS) is 17.4. The van der Waals surface area contributed by atoms with Crippen molar-refractivity contribution in [2.75, 3.05) is 13.1 Å². The van der Waals surface area contributed by atoms with Crippen LogP contribution in [-0.4, -0.2) is 18.1 Å². The molecule has 0 aromatic carbocycles. The molecule has 1 fully saturated rings. The van der Waals surface area contributed by atoms with Crippen molar-refractivity contribution >= 4 is 11.3 Å². The number of nitrogens with one attached hydrogen (secondary N) is 1. The van der Waals surface area contributed by atoms with Gasteiger partial charge in [0.1, 0.15) is 0 Å². The molecule has 2 rings (SSSR count). The van der Waals surface area contributed by atoms with Crippen molar-refractivity contribution in [2.45, 2.75) is 44.9 Å². The van der Waals surface area contributed by atoms with E-state index in [1.807, 2.05) is 11.3 Å². The van der Waals surface area contributed by atoms with Gasteiger partial charge in [-0.2, -0.15) is 0 Å². The Kier molecular flexibility index (Phi) is 4.15. The lowest BCUT2D eigenvalue weighted by atomic mass is 10.1. The van der Waals surface area contributed by atoms with E-state index in [9.17, 15) is 0 Å². The maximum atomic E-state index is 4.74. The van der Waals surface area contributed by atoms with Crippen LogP contribution in [0.15, 0.2) is 5.38 Å². The van der Waals surface area contributed by atoms with Crippen molar-refractivity contribution in [3.05, 3.63) is 16.1 Å². The van der Waals surface area contributed by atoms with Crippen molar-refractivity contribution in [1.29, 1.82) is 0 Å². The molecule has 3 heteroatoms. The van der Waals surface area contributed by atoms with E-state index in [0.717, 1.165) is 25.4 Å². The molecule has 0 amide bonds. The molecule has 0 atom stereocenters. The molecule has 1 saturated carbocycles. The number of nitrogens with zero attached hydrogens (tertiary/aromatic N) is 1. The highest BCUT2D eigenvalue weighted by molar-refractivity contribution is 7.09. The zero-order chi connectivity index (χ0) is 10.5. The lowest BCUT2D eigenvalue weighted by molar-refractivity contribution is 0.687. The molecular weight excluding hydrogens is 204 g/mol. The Morgan fingerprint density at radius 1 is 1.47 bits per heavy atom. The topological polar surface area (TPSA) is 24.9 Å². The quantitative estimate of drug-likeness (QED) is 0.778.